The molecule has 0 saturated carbocycles. The minimum Gasteiger partial charge on any atom is -0.370 e. The number of carbonyl (C=O) groups excluding carboxylic acids is 1. The Balaban J connectivity index is 1.75. The summed E-state index contributed by atoms with van der Waals surface area (Å²) in [6.45, 7) is 1.39. The molecule has 0 aliphatic carbocycles. The zero-order valence-electron chi connectivity index (χ0n) is 14.4. The van der Waals surface area contributed by atoms with E-state index in [1.807, 2.05) is 24.3 Å². The van der Waals surface area contributed by atoms with Gasteiger partial charge in [0.25, 0.3) is 0 Å². The van der Waals surface area contributed by atoms with Crippen molar-refractivity contribution >= 4 is 44.5 Å². The Morgan fingerprint density at radius 2 is 2.12 bits per heavy atom. The molecule has 0 radical (unpaired) electrons. The predicted molar refractivity (Wildman–Crippen MR) is 107 cm³/mol. The van der Waals surface area contributed by atoms with E-state index in [0.717, 1.165) is 15.3 Å². The van der Waals surface area contributed by atoms with Gasteiger partial charge in [-0.1, -0.05) is 12.1 Å². The van der Waals surface area contributed by atoms with Crippen LogP contribution in [0, 0.1) is 0 Å². The van der Waals surface area contributed by atoms with Gasteiger partial charge in [0.1, 0.15) is 11.2 Å². The zero-order valence-corrected chi connectivity index (χ0v) is 16.8. The molecule has 1 amide bonds. The van der Waals surface area contributed by atoms with E-state index in [0.29, 0.717) is 31.6 Å². The molecule has 1 aromatic heterocycles. The first-order valence-corrected chi connectivity index (χ1v) is 10.0. The molecule has 7 nitrogen and oxygen atoms in total. The molecule has 5 N–H and O–H groups in total. The third kappa shape index (κ3) is 3.85. The third-order valence-corrected chi connectivity index (χ3v) is 6.26. The number of hydrogen-bond acceptors (Lipinski definition) is 7. The van der Waals surface area contributed by atoms with Crippen LogP contribution in [0.3, 0.4) is 0 Å². The fourth-order valence-corrected chi connectivity index (χ4v) is 4.27. The molecular weight excluding hydrogens is 418 g/mol. The predicted octanol–water partition coefficient (Wildman–Crippen LogP) is 2.05. The number of likely N-dealkylation sites (N-methyl/N-ethyl adjacent to an activating group) is 1. The lowest BCUT2D eigenvalue weighted by atomic mass is 9.86. The molecule has 1 aromatic carbocycles. The lowest BCUT2D eigenvalue weighted by molar-refractivity contribution is -0.125. The summed E-state index contributed by atoms with van der Waals surface area (Å²) in [5.74, 6) is -0.310. The first-order valence-electron chi connectivity index (χ1n) is 8.33. The molecule has 140 valence electrons. The third-order valence-electron chi connectivity index (χ3n) is 4.88. The van der Waals surface area contributed by atoms with E-state index in [1.54, 1.807) is 12.4 Å². The first-order chi connectivity index (χ1) is 12.4. The van der Waals surface area contributed by atoms with Crippen LogP contribution >= 0.6 is 27.3 Å². The molecule has 1 fully saturated rings. The SMILES string of the molecule is CNC1(C(N)=O)CCN(c2ccccc2NC(O)c2csc(Br)n2)CC1. The van der Waals surface area contributed by atoms with Crippen LogP contribution in [0.15, 0.2) is 33.6 Å². The van der Waals surface area contributed by atoms with Crippen molar-refractivity contribution < 1.29 is 9.90 Å². The second kappa shape index (κ2) is 7.91. The van der Waals surface area contributed by atoms with Gasteiger partial charge in [-0.3, -0.25) is 4.79 Å². The maximum atomic E-state index is 11.8. The van der Waals surface area contributed by atoms with Gasteiger partial charge >= 0.3 is 0 Å². The van der Waals surface area contributed by atoms with Crippen LogP contribution in [0.1, 0.15) is 24.8 Å². The maximum Gasteiger partial charge on any atom is 0.237 e. The summed E-state index contributed by atoms with van der Waals surface area (Å²) < 4.78 is 0.729. The summed E-state index contributed by atoms with van der Waals surface area (Å²) in [4.78, 5) is 18.3. The minimum absolute atomic E-state index is 0.310. The maximum absolute atomic E-state index is 11.8. The zero-order chi connectivity index (χ0) is 18.7. The number of amides is 1. The molecule has 0 bridgehead atoms. The molecule has 1 unspecified atom stereocenters. The monoisotopic (exact) mass is 439 g/mol. The number of rotatable bonds is 6. The number of nitrogens with zero attached hydrogens (tertiary/aromatic N) is 2. The molecule has 2 aromatic rings. The minimum atomic E-state index is -0.898. The van der Waals surface area contributed by atoms with Crippen LogP contribution in [0.2, 0.25) is 0 Å². The summed E-state index contributed by atoms with van der Waals surface area (Å²) in [6.07, 6.45) is 0.370. The summed E-state index contributed by atoms with van der Waals surface area (Å²) in [6, 6.07) is 7.80. The van der Waals surface area contributed by atoms with Crippen molar-refractivity contribution in [1.82, 2.24) is 10.3 Å². The van der Waals surface area contributed by atoms with Crippen molar-refractivity contribution in [3.63, 3.8) is 0 Å². The number of nitrogens with two attached hydrogens (primary N) is 1. The number of para-hydroxylation sites is 2. The van der Waals surface area contributed by atoms with Crippen molar-refractivity contribution in [3.05, 3.63) is 39.3 Å². The van der Waals surface area contributed by atoms with Crippen LogP contribution in [-0.2, 0) is 4.79 Å². The number of primary amides is 1. The quantitative estimate of drug-likeness (QED) is 0.513. The Kier molecular flexibility index (Phi) is 5.81. The van der Waals surface area contributed by atoms with Crippen LogP contribution in [0.4, 0.5) is 11.4 Å². The summed E-state index contributed by atoms with van der Waals surface area (Å²) in [7, 11) is 1.78. The Labute approximate surface area is 164 Å². The summed E-state index contributed by atoms with van der Waals surface area (Å²) >= 11 is 4.73. The molecule has 1 aliphatic rings. The molecule has 0 spiro atoms. The molecule has 2 heterocycles. The van der Waals surface area contributed by atoms with E-state index >= 15 is 0 Å². The van der Waals surface area contributed by atoms with E-state index in [1.165, 1.54) is 11.3 Å². The average Bonchev–Trinajstić information content (AvgIpc) is 3.09. The number of aliphatic hydroxyl groups is 1. The Bertz CT molecular complexity index is 776. The van der Waals surface area contributed by atoms with Gasteiger partial charge in [0.2, 0.25) is 5.91 Å². The van der Waals surface area contributed by atoms with Gasteiger partial charge < -0.3 is 26.4 Å². The average molecular weight is 440 g/mol. The van der Waals surface area contributed by atoms with E-state index in [9.17, 15) is 9.90 Å². The smallest absolute Gasteiger partial charge is 0.237 e. The number of aromatic nitrogens is 1. The highest BCUT2D eigenvalue weighted by atomic mass is 79.9. The van der Waals surface area contributed by atoms with Crippen molar-refractivity contribution in [1.29, 1.82) is 0 Å². The lowest BCUT2D eigenvalue weighted by Gasteiger charge is -2.41. The van der Waals surface area contributed by atoms with Gasteiger partial charge in [0.05, 0.1) is 11.4 Å². The fourth-order valence-electron chi connectivity index (χ4n) is 3.23. The van der Waals surface area contributed by atoms with Crippen LogP contribution in [-0.4, -0.2) is 41.7 Å². The molecule has 1 atom stereocenters. The molecule has 1 saturated heterocycles. The number of hydrogen-bond donors (Lipinski definition) is 4. The van der Waals surface area contributed by atoms with E-state index in [2.05, 4.69) is 36.4 Å². The Morgan fingerprint density at radius 3 is 2.69 bits per heavy atom. The fraction of sp³-hybridized carbons (Fsp3) is 0.412. The van der Waals surface area contributed by atoms with E-state index in [-0.39, 0.29) is 5.91 Å². The number of piperidine rings is 1. The normalized spacial score (nSPS) is 17.7. The van der Waals surface area contributed by atoms with Gasteiger partial charge in [-0.2, -0.15) is 0 Å². The van der Waals surface area contributed by atoms with E-state index in [4.69, 9.17) is 5.73 Å². The molecule has 1 aliphatic heterocycles. The van der Waals surface area contributed by atoms with Gasteiger partial charge in [-0.25, -0.2) is 4.98 Å². The second-order valence-corrected chi connectivity index (χ2v) is 8.41. The van der Waals surface area contributed by atoms with Gasteiger partial charge in [0.15, 0.2) is 10.1 Å². The highest BCUT2D eigenvalue weighted by molar-refractivity contribution is 9.11. The van der Waals surface area contributed by atoms with Crippen molar-refractivity contribution in [2.75, 3.05) is 30.4 Å². The van der Waals surface area contributed by atoms with Crippen LogP contribution in [0.5, 0.6) is 0 Å². The number of benzene rings is 1. The molecular formula is C17H22BrN5O2S. The molecule has 26 heavy (non-hydrogen) atoms. The van der Waals surface area contributed by atoms with Crippen molar-refractivity contribution in [2.45, 2.75) is 24.6 Å². The largest absolute Gasteiger partial charge is 0.370 e. The topological polar surface area (TPSA) is 104 Å². The molecule has 9 heteroatoms. The number of nitrogens with one attached hydrogen (secondary N) is 2. The number of carbonyl (C=O) groups is 1. The van der Waals surface area contributed by atoms with Crippen molar-refractivity contribution in [3.8, 4) is 0 Å². The highest BCUT2D eigenvalue weighted by Crippen LogP contribution is 2.33. The highest BCUT2D eigenvalue weighted by Gasteiger charge is 2.38. The Hall–Kier alpha value is -1.68. The summed E-state index contributed by atoms with van der Waals surface area (Å²) in [5, 5.41) is 18.4. The first kappa shape index (κ1) is 19.1. The van der Waals surface area contributed by atoms with Crippen LogP contribution < -0.4 is 21.3 Å². The Morgan fingerprint density at radius 1 is 1.42 bits per heavy atom. The summed E-state index contributed by atoms with van der Waals surface area (Å²) in [5.41, 5.74) is 7.31. The van der Waals surface area contributed by atoms with Crippen LogP contribution in [0.25, 0.3) is 0 Å². The second-order valence-electron chi connectivity index (χ2n) is 6.27. The van der Waals surface area contributed by atoms with Gasteiger partial charge in [-0.15, -0.1) is 11.3 Å². The van der Waals surface area contributed by atoms with Crippen molar-refractivity contribution in [2.24, 2.45) is 5.73 Å². The number of anilines is 2. The van der Waals surface area contributed by atoms with E-state index < -0.39 is 11.8 Å². The lowest BCUT2D eigenvalue weighted by Crippen LogP contribution is -2.59. The molecule has 3 rings (SSSR count). The van der Waals surface area contributed by atoms with Gasteiger partial charge in [-0.05, 0) is 48.0 Å². The number of aliphatic hydroxyl groups excluding tert-OH is 1. The number of halogens is 1. The van der Waals surface area contributed by atoms with Gasteiger partial charge in [0, 0.05) is 18.5 Å². The standard InChI is InChI=1S/C17H22BrN5O2S/c1-20-17(15(19)25)6-8-23(9-7-17)13-5-3-2-4-11(13)21-14(24)12-10-26-16(18)22-12/h2-5,10,14,20-21,24H,6-9H2,1H3,(H2,19,25). The number of thiazole rings is 1.